The highest BCUT2D eigenvalue weighted by molar-refractivity contribution is 6.35. The summed E-state index contributed by atoms with van der Waals surface area (Å²) < 4.78 is 5.61. The number of hydrogen-bond acceptors (Lipinski definition) is 4. The lowest BCUT2D eigenvalue weighted by molar-refractivity contribution is 0.0858. The van der Waals surface area contributed by atoms with Crippen molar-refractivity contribution >= 4 is 46.4 Å². The Morgan fingerprint density at radius 1 is 1.00 bits per heavy atom. The van der Waals surface area contributed by atoms with Gasteiger partial charge in [-0.3, -0.25) is 9.59 Å². The zero-order valence-corrected chi connectivity index (χ0v) is 18.6. The Hall–Kier alpha value is -2.28. The average molecular weight is 462 g/mol. The second-order valence-electron chi connectivity index (χ2n) is 7.88. The molecule has 0 radical (unpaired) electrons. The van der Waals surface area contributed by atoms with Crippen molar-refractivity contribution < 1.29 is 14.3 Å². The number of rotatable bonds is 6. The van der Waals surface area contributed by atoms with Crippen LogP contribution in [0.25, 0.3) is 0 Å². The Kier molecular flexibility index (Phi) is 7.00. The lowest BCUT2D eigenvalue weighted by Crippen LogP contribution is -2.33. The Balaban J connectivity index is 1.54. The van der Waals surface area contributed by atoms with Crippen LogP contribution in [0.4, 0.5) is 11.4 Å². The zero-order valence-electron chi connectivity index (χ0n) is 17.1. The molecule has 0 saturated carbocycles. The molecule has 164 valence electrons. The fourth-order valence-corrected chi connectivity index (χ4v) is 4.55. The topological polar surface area (TPSA) is 70.7 Å². The van der Waals surface area contributed by atoms with E-state index in [1.165, 1.54) is 0 Å². The Morgan fingerprint density at radius 2 is 1.74 bits per heavy atom. The van der Waals surface area contributed by atoms with Crippen LogP contribution in [-0.2, 0) is 4.74 Å². The van der Waals surface area contributed by atoms with E-state index in [-0.39, 0.29) is 17.9 Å². The van der Waals surface area contributed by atoms with Gasteiger partial charge in [0, 0.05) is 53.2 Å². The van der Waals surface area contributed by atoms with Gasteiger partial charge in [0.1, 0.15) is 0 Å². The smallest absolute Gasteiger partial charge is 0.255 e. The van der Waals surface area contributed by atoms with E-state index in [4.69, 9.17) is 27.9 Å². The number of hydrogen-bond donors (Lipinski definition) is 2. The average Bonchev–Trinajstić information content (AvgIpc) is 3.45. The predicted octanol–water partition coefficient (Wildman–Crippen LogP) is 4.75. The highest BCUT2D eigenvalue weighted by Gasteiger charge is 2.22. The molecule has 8 heteroatoms. The number of benzene rings is 2. The van der Waals surface area contributed by atoms with Crippen LogP contribution < -0.4 is 15.5 Å². The first kappa shape index (κ1) is 21.9. The molecule has 2 fully saturated rings. The van der Waals surface area contributed by atoms with E-state index >= 15 is 0 Å². The molecule has 0 bridgehead atoms. The second kappa shape index (κ2) is 9.90. The molecule has 1 unspecified atom stereocenters. The van der Waals surface area contributed by atoms with Gasteiger partial charge in [-0.1, -0.05) is 23.2 Å². The second-order valence-corrected chi connectivity index (χ2v) is 8.76. The summed E-state index contributed by atoms with van der Waals surface area (Å²) in [5.74, 6) is -0.511. The first-order valence-electron chi connectivity index (χ1n) is 10.6. The minimum Gasteiger partial charge on any atom is -0.376 e. The highest BCUT2D eigenvalue weighted by atomic mass is 35.5. The minimum atomic E-state index is -0.343. The highest BCUT2D eigenvalue weighted by Crippen LogP contribution is 2.28. The molecule has 2 aliphatic rings. The zero-order chi connectivity index (χ0) is 21.8. The van der Waals surface area contributed by atoms with Gasteiger partial charge >= 0.3 is 0 Å². The Labute approximate surface area is 191 Å². The van der Waals surface area contributed by atoms with Crippen LogP contribution in [-0.4, -0.2) is 44.2 Å². The van der Waals surface area contributed by atoms with Crippen LogP contribution in [0, 0.1) is 0 Å². The molecule has 4 rings (SSSR count). The van der Waals surface area contributed by atoms with E-state index in [1.54, 1.807) is 24.3 Å². The largest absolute Gasteiger partial charge is 0.376 e. The predicted molar refractivity (Wildman–Crippen MR) is 124 cm³/mol. The van der Waals surface area contributed by atoms with Gasteiger partial charge in [-0.2, -0.15) is 0 Å². The van der Waals surface area contributed by atoms with Gasteiger partial charge in [0.2, 0.25) is 0 Å². The normalized spacial score (nSPS) is 18.3. The summed E-state index contributed by atoms with van der Waals surface area (Å²) in [5.41, 5.74) is 2.31. The molecule has 0 aromatic heterocycles. The molecule has 2 aromatic carbocycles. The molecular weight excluding hydrogens is 437 g/mol. The number of anilines is 2. The molecule has 2 aromatic rings. The van der Waals surface area contributed by atoms with Crippen LogP contribution in [0.2, 0.25) is 10.0 Å². The fourth-order valence-electron chi connectivity index (χ4n) is 4.02. The van der Waals surface area contributed by atoms with Crippen LogP contribution in [0.1, 0.15) is 46.4 Å². The number of carbonyl (C=O) groups excluding carboxylic acids is 2. The van der Waals surface area contributed by atoms with E-state index in [2.05, 4.69) is 15.5 Å². The van der Waals surface area contributed by atoms with Crippen molar-refractivity contribution in [2.75, 3.05) is 36.5 Å². The third-order valence-corrected chi connectivity index (χ3v) is 6.02. The summed E-state index contributed by atoms with van der Waals surface area (Å²) in [4.78, 5) is 27.9. The molecule has 31 heavy (non-hydrogen) atoms. The maximum Gasteiger partial charge on any atom is 0.255 e. The van der Waals surface area contributed by atoms with Gasteiger partial charge in [0.15, 0.2) is 0 Å². The van der Waals surface area contributed by atoms with Crippen LogP contribution in [0.15, 0.2) is 36.4 Å². The van der Waals surface area contributed by atoms with Crippen molar-refractivity contribution in [3.05, 3.63) is 57.6 Å². The summed E-state index contributed by atoms with van der Waals surface area (Å²) in [6.07, 6.45) is 4.25. The van der Waals surface area contributed by atoms with E-state index in [1.807, 2.05) is 12.1 Å². The van der Waals surface area contributed by atoms with Crippen molar-refractivity contribution in [1.29, 1.82) is 0 Å². The lowest BCUT2D eigenvalue weighted by atomic mass is 10.1. The van der Waals surface area contributed by atoms with Crippen molar-refractivity contribution in [2.24, 2.45) is 0 Å². The third kappa shape index (κ3) is 5.50. The van der Waals surface area contributed by atoms with Gasteiger partial charge in [-0.05, 0) is 62.1 Å². The monoisotopic (exact) mass is 461 g/mol. The van der Waals surface area contributed by atoms with Crippen molar-refractivity contribution in [3.63, 3.8) is 0 Å². The lowest BCUT2D eigenvalue weighted by Gasteiger charge is -2.22. The third-order valence-electron chi connectivity index (χ3n) is 5.58. The Morgan fingerprint density at radius 3 is 2.42 bits per heavy atom. The molecule has 0 aliphatic carbocycles. The minimum absolute atomic E-state index is 0.0645. The number of nitrogens with one attached hydrogen (secondary N) is 2. The maximum absolute atomic E-state index is 13.0. The first-order chi connectivity index (χ1) is 15.0. The fraction of sp³-hybridized carbons (Fsp3) is 0.391. The van der Waals surface area contributed by atoms with E-state index in [0.717, 1.165) is 51.1 Å². The molecule has 1 atom stereocenters. The molecule has 6 nitrogen and oxygen atoms in total. The van der Waals surface area contributed by atoms with Crippen molar-refractivity contribution in [3.8, 4) is 0 Å². The number of halogens is 2. The van der Waals surface area contributed by atoms with Gasteiger partial charge in [-0.25, -0.2) is 0 Å². The SMILES string of the molecule is O=C(Nc1ccc(N2CCCC2)c(C(=O)NCC2CCCO2)c1)c1cc(Cl)cc(Cl)c1. The summed E-state index contributed by atoms with van der Waals surface area (Å²) in [7, 11) is 0. The summed E-state index contributed by atoms with van der Waals surface area (Å²) >= 11 is 12.0. The number of nitrogens with zero attached hydrogens (tertiary/aromatic N) is 1. The molecule has 0 spiro atoms. The molecular formula is C23H25Cl2N3O3. The van der Waals surface area contributed by atoms with E-state index < -0.39 is 0 Å². The van der Waals surface area contributed by atoms with Crippen molar-refractivity contribution in [1.82, 2.24) is 5.32 Å². The number of ether oxygens (including phenoxy) is 1. The number of amides is 2. The van der Waals surface area contributed by atoms with Crippen LogP contribution in [0.5, 0.6) is 0 Å². The van der Waals surface area contributed by atoms with Crippen LogP contribution in [0.3, 0.4) is 0 Å². The van der Waals surface area contributed by atoms with Gasteiger partial charge in [0.25, 0.3) is 11.8 Å². The number of carbonyl (C=O) groups is 2. The summed E-state index contributed by atoms with van der Waals surface area (Å²) in [6.45, 7) is 3.06. The quantitative estimate of drug-likeness (QED) is 0.650. The molecule has 2 aliphatic heterocycles. The van der Waals surface area contributed by atoms with E-state index in [0.29, 0.717) is 33.4 Å². The van der Waals surface area contributed by atoms with Gasteiger partial charge in [0.05, 0.1) is 11.7 Å². The maximum atomic E-state index is 13.0. The molecule has 2 amide bonds. The molecule has 2 saturated heterocycles. The summed E-state index contributed by atoms with van der Waals surface area (Å²) in [6, 6.07) is 10.1. The van der Waals surface area contributed by atoms with Crippen LogP contribution >= 0.6 is 23.2 Å². The molecule has 2 N–H and O–H groups in total. The standard InChI is InChI=1S/C23H25Cl2N3O3/c24-16-10-15(11-17(25)12-16)22(29)27-18-5-6-21(28-7-1-2-8-28)20(13-18)23(30)26-14-19-4-3-9-31-19/h5-6,10-13,19H,1-4,7-9,14H2,(H,26,30)(H,27,29). The first-order valence-corrected chi connectivity index (χ1v) is 11.3. The van der Waals surface area contributed by atoms with E-state index in [9.17, 15) is 9.59 Å². The summed E-state index contributed by atoms with van der Waals surface area (Å²) in [5, 5.41) is 6.61. The van der Waals surface area contributed by atoms with Gasteiger partial charge < -0.3 is 20.3 Å². The molecule has 2 heterocycles. The van der Waals surface area contributed by atoms with Gasteiger partial charge in [-0.15, -0.1) is 0 Å². The van der Waals surface area contributed by atoms with Crippen molar-refractivity contribution in [2.45, 2.75) is 31.8 Å². The Bertz CT molecular complexity index is 950.